The lowest BCUT2D eigenvalue weighted by Crippen LogP contribution is -2.29. The van der Waals surface area contributed by atoms with Crippen LogP contribution in [-0.2, 0) is 5.41 Å². The zero-order valence-corrected chi connectivity index (χ0v) is 11.4. The van der Waals surface area contributed by atoms with Gasteiger partial charge in [0.05, 0.1) is 5.41 Å². The van der Waals surface area contributed by atoms with Gasteiger partial charge in [0.2, 0.25) is 0 Å². The van der Waals surface area contributed by atoms with Crippen LogP contribution in [-0.4, -0.2) is 5.78 Å². The zero-order chi connectivity index (χ0) is 14.0. The number of Topliss-reactive ketones (excluding diaryl/α,β-unsaturated/α-hetero) is 1. The molecule has 2 rings (SSSR count). The molecule has 2 aromatic rings. The van der Waals surface area contributed by atoms with E-state index in [9.17, 15) is 9.18 Å². The summed E-state index contributed by atoms with van der Waals surface area (Å²) >= 11 is 0. The van der Waals surface area contributed by atoms with Crippen molar-refractivity contribution in [1.82, 2.24) is 0 Å². The fourth-order valence-corrected chi connectivity index (χ4v) is 2.16. The molecule has 2 heteroatoms. The van der Waals surface area contributed by atoms with Crippen LogP contribution in [0, 0.1) is 12.7 Å². The molecule has 0 aliphatic heterocycles. The number of carbonyl (C=O) groups excluding carboxylic acids is 1. The van der Waals surface area contributed by atoms with Gasteiger partial charge >= 0.3 is 0 Å². The number of ketones is 1. The smallest absolute Gasteiger partial charge is 0.173 e. The summed E-state index contributed by atoms with van der Waals surface area (Å²) in [6.07, 6.45) is 0. The van der Waals surface area contributed by atoms with E-state index in [2.05, 4.69) is 0 Å². The van der Waals surface area contributed by atoms with E-state index in [1.807, 2.05) is 51.1 Å². The van der Waals surface area contributed by atoms with Crippen molar-refractivity contribution in [3.05, 3.63) is 71.0 Å². The third-order valence-electron chi connectivity index (χ3n) is 3.51. The summed E-state index contributed by atoms with van der Waals surface area (Å²) in [6.45, 7) is 5.57. The Hall–Kier alpha value is -1.96. The topological polar surface area (TPSA) is 17.1 Å². The number of rotatable bonds is 3. The Bertz CT molecular complexity index is 600. The second-order valence-electron chi connectivity index (χ2n) is 5.28. The van der Waals surface area contributed by atoms with Crippen LogP contribution in [0.4, 0.5) is 4.39 Å². The largest absolute Gasteiger partial charge is 0.293 e. The van der Waals surface area contributed by atoms with Crippen molar-refractivity contribution >= 4 is 5.78 Å². The zero-order valence-electron chi connectivity index (χ0n) is 11.4. The monoisotopic (exact) mass is 256 g/mol. The van der Waals surface area contributed by atoms with E-state index in [0.29, 0.717) is 5.56 Å². The second kappa shape index (κ2) is 4.96. The van der Waals surface area contributed by atoms with Crippen LogP contribution in [0.1, 0.15) is 35.3 Å². The first kappa shape index (κ1) is 13.5. The number of hydrogen-bond acceptors (Lipinski definition) is 1. The van der Waals surface area contributed by atoms with Gasteiger partial charge in [0.15, 0.2) is 5.78 Å². The van der Waals surface area contributed by atoms with E-state index in [0.717, 1.165) is 11.1 Å². The quantitative estimate of drug-likeness (QED) is 0.748. The first-order valence-corrected chi connectivity index (χ1v) is 6.29. The standard InChI is InChI=1S/C17H17FO/c1-12-9-10-14(18)11-15(12)16(19)17(2,3)13-7-5-4-6-8-13/h4-11H,1-3H3. The van der Waals surface area contributed by atoms with Gasteiger partial charge in [-0.1, -0.05) is 36.4 Å². The molecule has 0 radical (unpaired) electrons. The van der Waals surface area contributed by atoms with Crippen LogP contribution in [0.5, 0.6) is 0 Å². The molecular formula is C17H17FO. The Balaban J connectivity index is 2.46. The van der Waals surface area contributed by atoms with Gasteiger partial charge in [0.1, 0.15) is 5.82 Å². The van der Waals surface area contributed by atoms with Crippen molar-refractivity contribution in [2.75, 3.05) is 0 Å². The molecular weight excluding hydrogens is 239 g/mol. The van der Waals surface area contributed by atoms with Crippen LogP contribution in [0.25, 0.3) is 0 Å². The predicted octanol–water partition coefficient (Wildman–Crippen LogP) is 4.29. The average Bonchev–Trinajstić information content (AvgIpc) is 2.41. The van der Waals surface area contributed by atoms with Gasteiger partial charge in [-0.05, 0) is 44.0 Å². The van der Waals surface area contributed by atoms with E-state index in [1.54, 1.807) is 6.07 Å². The summed E-state index contributed by atoms with van der Waals surface area (Å²) in [5, 5.41) is 0. The Kier molecular flexibility index (Phi) is 3.52. The summed E-state index contributed by atoms with van der Waals surface area (Å²) in [5.41, 5.74) is 1.52. The Labute approximate surface area is 113 Å². The lowest BCUT2D eigenvalue weighted by molar-refractivity contribution is 0.0907. The van der Waals surface area contributed by atoms with Crippen LogP contribution in [0.3, 0.4) is 0 Å². The minimum atomic E-state index is -0.667. The molecule has 0 bridgehead atoms. The molecule has 0 N–H and O–H groups in total. The molecule has 1 nitrogen and oxygen atoms in total. The molecule has 0 unspecified atom stereocenters. The molecule has 0 fully saturated rings. The molecule has 0 saturated heterocycles. The fraction of sp³-hybridized carbons (Fsp3) is 0.235. The molecule has 0 aromatic heterocycles. The summed E-state index contributed by atoms with van der Waals surface area (Å²) in [4.78, 5) is 12.7. The van der Waals surface area contributed by atoms with Crippen LogP contribution in [0.15, 0.2) is 48.5 Å². The van der Waals surface area contributed by atoms with Gasteiger partial charge in [-0.15, -0.1) is 0 Å². The van der Waals surface area contributed by atoms with Gasteiger partial charge in [0.25, 0.3) is 0 Å². The third-order valence-corrected chi connectivity index (χ3v) is 3.51. The number of aryl methyl sites for hydroxylation is 1. The maximum Gasteiger partial charge on any atom is 0.173 e. The highest BCUT2D eigenvalue weighted by atomic mass is 19.1. The first-order chi connectivity index (χ1) is 8.93. The van der Waals surface area contributed by atoms with E-state index in [-0.39, 0.29) is 11.6 Å². The Morgan fingerprint density at radius 2 is 1.68 bits per heavy atom. The van der Waals surface area contributed by atoms with Gasteiger partial charge in [0, 0.05) is 5.56 Å². The number of hydrogen-bond donors (Lipinski definition) is 0. The SMILES string of the molecule is Cc1ccc(F)cc1C(=O)C(C)(C)c1ccccc1. The summed E-state index contributed by atoms with van der Waals surface area (Å²) in [6, 6.07) is 13.9. The lowest BCUT2D eigenvalue weighted by atomic mass is 9.77. The highest BCUT2D eigenvalue weighted by Crippen LogP contribution is 2.29. The molecule has 98 valence electrons. The normalized spacial score (nSPS) is 11.4. The molecule has 0 aliphatic rings. The second-order valence-corrected chi connectivity index (χ2v) is 5.28. The molecule has 0 spiro atoms. The molecule has 0 aliphatic carbocycles. The minimum absolute atomic E-state index is 0.0595. The van der Waals surface area contributed by atoms with Gasteiger partial charge < -0.3 is 0 Å². The van der Waals surface area contributed by atoms with Crippen LogP contribution in [0.2, 0.25) is 0 Å². The number of carbonyl (C=O) groups is 1. The van der Waals surface area contributed by atoms with Crippen molar-refractivity contribution in [3.8, 4) is 0 Å². The minimum Gasteiger partial charge on any atom is -0.293 e. The van der Waals surface area contributed by atoms with Crippen molar-refractivity contribution in [2.24, 2.45) is 0 Å². The van der Waals surface area contributed by atoms with E-state index >= 15 is 0 Å². The number of benzene rings is 2. The van der Waals surface area contributed by atoms with E-state index < -0.39 is 5.41 Å². The molecule has 0 saturated carbocycles. The van der Waals surface area contributed by atoms with Crippen molar-refractivity contribution in [1.29, 1.82) is 0 Å². The lowest BCUT2D eigenvalue weighted by Gasteiger charge is -2.24. The fourth-order valence-electron chi connectivity index (χ4n) is 2.16. The van der Waals surface area contributed by atoms with Crippen molar-refractivity contribution < 1.29 is 9.18 Å². The summed E-state index contributed by atoms with van der Waals surface area (Å²) in [7, 11) is 0. The Morgan fingerprint density at radius 1 is 1.05 bits per heavy atom. The van der Waals surface area contributed by atoms with Gasteiger partial charge in [-0.25, -0.2) is 4.39 Å². The summed E-state index contributed by atoms with van der Waals surface area (Å²) < 4.78 is 13.3. The van der Waals surface area contributed by atoms with Crippen LogP contribution >= 0.6 is 0 Å². The van der Waals surface area contributed by atoms with E-state index in [4.69, 9.17) is 0 Å². The van der Waals surface area contributed by atoms with Crippen molar-refractivity contribution in [3.63, 3.8) is 0 Å². The molecule has 0 heterocycles. The average molecular weight is 256 g/mol. The molecule has 0 atom stereocenters. The predicted molar refractivity (Wildman–Crippen MR) is 74.9 cm³/mol. The van der Waals surface area contributed by atoms with E-state index in [1.165, 1.54) is 12.1 Å². The van der Waals surface area contributed by atoms with Crippen LogP contribution < -0.4 is 0 Å². The highest BCUT2D eigenvalue weighted by Gasteiger charge is 2.31. The maximum atomic E-state index is 13.3. The van der Waals surface area contributed by atoms with Gasteiger partial charge in [-0.3, -0.25) is 4.79 Å². The third kappa shape index (κ3) is 2.58. The van der Waals surface area contributed by atoms with Crippen molar-refractivity contribution in [2.45, 2.75) is 26.2 Å². The highest BCUT2D eigenvalue weighted by molar-refractivity contribution is 6.04. The number of halogens is 1. The van der Waals surface area contributed by atoms with Gasteiger partial charge in [-0.2, -0.15) is 0 Å². The molecule has 0 amide bonds. The molecule has 2 aromatic carbocycles. The first-order valence-electron chi connectivity index (χ1n) is 6.29. The maximum absolute atomic E-state index is 13.3. The Morgan fingerprint density at radius 3 is 2.32 bits per heavy atom. The summed E-state index contributed by atoms with van der Waals surface area (Å²) in [5.74, 6) is -0.437. The molecule has 19 heavy (non-hydrogen) atoms.